The van der Waals surface area contributed by atoms with Gasteiger partial charge in [0.25, 0.3) is 0 Å². The molecule has 0 radical (unpaired) electrons. The zero-order valence-corrected chi connectivity index (χ0v) is 18.8. The quantitative estimate of drug-likeness (QED) is 0.276. The molecule has 0 amide bonds. The van der Waals surface area contributed by atoms with E-state index in [0.29, 0.717) is 12.1 Å². The molecule has 1 atom stereocenters. The first-order valence-corrected chi connectivity index (χ1v) is 9.20. The van der Waals surface area contributed by atoms with Crippen molar-refractivity contribution < 1.29 is 0 Å². The zero-order chi connectivity index (χ0) is 17.5. The van der Waals surface area contributed by atoms with Gasteiger partial charge < -0.3 is 15.5 Å². The van der Waals surface area contributed by atoms with E-state index in [9.17, 15) is 0 Å². The van der Waals surface area contributed by atoms with E-state index in [0.717, 1.165) is 51.8 Å². The van der Waals surface area contributed by atoms with Gasteiger partial charge in [-0.3, -0.25) is 14.8 Å². The summed E-state index contributed by atoms with van der Waals surface area (Å²) < 4.78 is 0. The number of halogens is 1. The van der Waals surface area contributed by atoms with E-state index in [-0.39, 0.29) is 24.0 Å². The fraction of sp³-hybridized carbons (Fsp3) is 0.833. The standard InChI is InChI=1S/C18H36N6.HI/c1-15(2)13-24-8-6-16(7-9-24)21-18(19-3)20-12-17-14-22(4)10-11-23(17)5;/h16-17H,1,6-14H2,2-5H3,(H2,19,20,21);1H. The maximum absolute atomic E-state index is 4.41. The SMILES string of the molecule is C=C(C)CN1CCC(NC(=NC)NCC2CN(C)CCN2C)CC1.I. The second-order valence-corrected chi connectivity index (χ2v) is 7.50. The highest BCUT2D eigenvalue weighted by Crippen LogP contribution is 2.11. The van der Waals surface area contributed by atoms with Gasteiger partial charge in [0, 0.05) is 64.9 Å². The maximum Gasteiger partial charge on any atom is 0.191 e. The lowest BCUT2D eigenvalue weighted by atomic mass is 10.0. The first-order valence-electron chi connectivity index (χ1n) is 9.20. The Bertz CT molecular complexity index is 433. The van der Waals surface area contributed by atoms with Crippen LogP contribution >= 0.6 is 24.0 Å². The van der Waals surface area contributed by atoms with Crippen LogP contribution in [0.25, 0.3) is 0 Å². The number of guanidine groups is 1. The van der Waals surface area contributed by atoms with Crippen LogP contribution in [0.1, 0.15) is 19.8 Å². The number of nitrogens with zero attached hydrogens (tertiary/aromatic N) is 4. The van der Waals surface area contributed by atoms with Gasteiger partial charge in [-0.25, -0.2) is 0 Å². The van der Waals surface area contributed by atoms with Gasteiger partial charge in [0.1, 0.15) is 0 Å². The topological polar surface area (TPSA) is 46.1 Å². The van der Waals surface area contributed by atoms with Crippen LogP contribution < -0.4 is 10.6 Å². The van der Waals surface area contributed by atoms with E-state index in [1.165, 1.54) is 18.4 Å². The highest BCUT2D eigenvalue weighted by molar-refractivity contribution is 14.0. The van der Waals surface area contributed by atoms with Crippen molar-refractivity contribution in [2.24, 2.45) is 4.99 Å². The molecule has 1 unspecified atom stereocenters. The molecule has 25 heavy (non-hydrogen) atoms. The van der Waals surface area contributed by atoms with Crippen LogP contribution in [0.2, 0.25) is 0 Å². The number of piperazine rings is 1. The van der Waals surface area contributed by atoms with E-state index < -0.39 is 0 Å². The summed E-state index contributed by atoms with van der Waals surface area (Å²) in [6, 6.07) is 1.06. The molecule has 0 spiro atoms. The molecule has 2 aliphatic heterocycles. The molecule has 2 rings (SSSR count). The molecule has 7 heteroatoms. The maximum atomic E-state index is 4.41. The second kappa shape index (κ2) is 11.4. The Morgan fingerprint density at radius 3 is 2.44 bits per heavy atom. The predicted octanol–water partition coefficient (Wildman–Crippen LogP) is 1.06. The summed E-state index contributed by atoms with van der Waals surface area (Å²) in [5.41, 5.74) is 1.25. The molecular weight excluding hydrogens is 427 g/mol. The molecular formula is C18H37IN6. The first kappa shape index (κ1) is 22.7. The minimum atomic E-state index is 0. The zero-order valence-electron chi connectivity index (χ0n) is 16.4. The van der Waals surface area contributed by atoms with Crippen LogP contribution in [0, 0.1) is 0 Å². The number of piperidine rings is 1. The molecule has 146 valence electrons. The third-order valence-corrected chi connectivity index (χ3v) is 5.13. The van der Waals surface area contributed by atoms with Crippen molar-refractivity contribution in [1.82, 2.24) is 25.3 Å². The van der Waals surface area contributed by atoms with Crippen molar-refractivity contribution in [2.45, 2.75) is 31.8 Å². The molecule has 2 fully saturated rings. The Kier molecular flexibility index (Phi) is 10.3. The monoisotopic (exact) mass is 464 g/mol. The van der Waals surface area contributed by atoms with Crippen molar-refractivity contribution in [1.29, 1.82) is 0 Å². The van der Waals surface area contributed by atoms with Crippen LogP contribution in [-0.4, -0.2) is 99.7 Å². The summed E-state index contributed by atoms with van der Waals surface area (Å²) in [4.78, 5) is 11.7. The van der Waals surface area contributed by atoms with Gasteiger partial charge in [0.2, 0.25) is 0 Å². The molecule has 2 N–H and O–H groups in total. The molecule has 2 aliphatic rings. The van der Waals surface area contributed by atoms with Gasteiger partial charge in [-0.15, -0.1) is 24.0 Å². The third kappa shape index (κ3) is 7.80. The van der Waals surface area contributed by atoms with Gasteiger partial charge in [-0.1, -0.05) is 12.2 Å². The lowest BCUT2D eigenvalue weighted by molar-refractivity contribution is 0.116. The molecule has 2 heterocycles. The Labute approximate surface area is 171 Å². The van der Waals surface area contributed by atoms with E-state index in [2.05, 4.69) is 57.9 Å². The number of likely N-dealkylation sites (N-methyl/N-ethyl adjacent to an activating group) is 2. The number of rotatable bonds is 5. The number of likely N-dealkylation sites (tertiary alicyclic amines) is 1. The van der Waals surface area contributed by atoms with E-state index in [4.69, 9.17) is 0 Å². The average molecular weight is 464 g/mol. The summed E-state index contributed by atoms with van der Waals surface area (Å²) in [5.74, 6) is 0.940. The fourth-order valence-corrected chi connectivity index (χ4v) is 3.54. The van der Waals surface area contributed by atoms with Gasteiger partial charge in [0.15, 0.2) is 5.96 Å². The summed E-state index contributed by atoms with van der Waals surface area (Å²) in [5, 5.41) is 7.13. The Morgan fingerprint density at radius 1 is 1.16 bits per heavy atom. The smallest absolute Gasteiger partial charge is 0.191 e. The third-order valence-electron chi connectivity index (χ3n) is 5.13. The van der Waals surface area contributed by atoms with E-state index in [1.807, 2.05) is 7.05 Å². The van der Waals surface area contributed by atoms with Crippen LogP contribution in [0.15, 0.2) is 17.1 Å². The first-order chi connectivity index (χ1) is 11.5. The highest BCUT2D eigenvalue weighted by atomic mass is 127. The minimum absolute atomic E-state index is 0. The normalized spacial score (nSPS) is 24.6. The Morgan fingerprint density at radius 2 is 1.84 bits per heavy atom. The van der Waals surface area contributed by atoms with Crippen LogP contribution in [0.3, 0.4) is 0 Å². The van der Waals surface area contributed by atoms with Crippen LogP contribution in [-0.2, 0) is 0 Å². The number of hydrogen-bond acceptors (Lipinski definition) is 4. The molecule has 0 aromatic carbocycles. The van der Waals surface area contributed by atoms with E-state index in [1.54, 1.807) is 0 Å². The van der Waals surface area contributed by atoms with Crippen molar-refractivity contribution >= 4 is 29.9 Å². The van der Waals surface area contributed by atoms with Crippen LogP contribution in [0.4, 0.5) is 0 Å². The van der Waals surface area contributed by atoms with Gasteiger partial charge in [0.05, 0.1) is 0 Å². The molecule has 0 saturated carbocycles. The van der Waals surface area contributed by atoms with Gasteiger partial charge in [-0.05, 0) is 33.9 Å². The summed E-state index contributed by atoms with van der Waals surface area (Å²) >= 11 is 0. The molecule has 0 aromatic heterocycles. The second-order valence-electron chi connectivity index (χ2n) is 7.50. The summed E-state index contributed by atoms with van der Waals surface area (Å²) in [6.45, 7) is 13.8. The van der Waals surface area contributed by atoms with Crippen molar-refractivity contribution in [3.05, 3.63) is 12.2 Å². The lowest BCUT2D eigenvalue weighted by Gasteiger charge is -2.38. The fourth-order valence-electron chi connectivity index (χ4n) is 3.54. The predicted molar refractivity (Wildman–Crippen MR) is 118 cm³/mol. The van der Waals surface area contributed by atoms with Crippen molar-refractivity contribution in [2.75, 3.05) is 67.0 Å². The van der Waals surface area contributed by atoms with Gasteiger partial charge >= 0.3 is 0 Å². The van der Waals surface area contributed by atoms with E-state index >= 15 is 0 Å². The lowest BCUT2D eigenvalue weighted by Crippen LogP contribution is -2.56. The van der Waals surface area contributed by atoms with Crippen LogP contribution in [0.5, 0.6) is 0 Å². The van der Waals surface area contributed by atoms with Gasteiger partial charge in [-0.2, -0.15) is 0 Å². The molecule has 2 saturated heterocycles. The Balaban J connectivity index is 0.00000312. The largest absolute Gasteiger partial charge is 0.355 e. The number of nitrogens with one attached hydrogen (secondary N) is 2. The number of hydrogen-bond donors (Lipinski definition) is 2. The van der Waals surface area contributed by atoms with Crippen molar-refractivity contribution in [3.63, 3.8) is 0 Å². The molecule has 6 nitrogen and oxygen atoms in total. The molecule has 0 aromatic rings. The minimum Gasteiger partial charge on any atom is -0.355 e. The molecule has 0 bridgehead atoms. The summed E-state index contributed by atoms with van der Waals surface area (Å²) in [7, 11) is 6.28. The molecule has 0 aliphatic carbocycles. The van der Waals surface area contributed by atoms with Crippen molar-refractivity contribution in [3.8, 4) is 0 Å². The summed E-state index contributed by atoms with van der Waals surface area (Å²) in [6.07, 6.45) is 2.33. The average Bonchev–Trinajstić information content (AvgIpc) is 2.55. The Hall–Kier alpha value is -0.380. The number of aliphatic imine (C=N–C) groups is 1. The highest BCUT2D eigenvalue weighted by Gasteiger charge is 2.23.